The molecule has 1 aliphatic rings. The maximum Gasteiger partial charge on any atom is 2.00 e. The van der Waals surface area contributed by atoms with E-state index in [1.807, 2.05) is 0 Å². The van der Waals surface area contributed by atoms with Crippen LogP contribution in [0.25, 0.3) is 5.32 Å². The summed E-state index contributed by atoms with van der Waals surface area (Å²) < 4.78 is 63.2. The smallest absolute Gasteiger partial charge is 0.668 e. The monoisotopic (exact) mass is 848 g/mol. The summed E-state index contributed by atoms with van der Waals surface area (Å²) >= 11 is 0. The number of rotatable bonds is 10. The second-order valence-corrected chi connectivity index (χ2v) is 11.2. The van der Waals surface area contributed by atoms with Crippen LogP contribution in [0.15, 0.2) is 120 Å². The zero-order valence-corrected chi connectivity index (χ0v) is 31.8. The molecule has 0 saturated carbocycles. The number of aromatic nitrogens is 2. The van der Waals surface area contributed by atoms with Gasteiger partial charge in [-0.3, -0.25) is 9.36 Å². The van der Waals surface area contributed by atoms with E-state index in [-0.39, 0.29) is 71.3 Å². The molecule has 3 unspecified atom stereocenters. The van der Waals surface area contributed by atoms with Crippen molar-refractivity contribution in [2.45, 2.75) is 24.4 Å². The molecule has 53 heavy (non-hydrogen) atoms. The number of hydrogen-bond acceptors (Lipinski definition) is 9. The van der Waals surface area contributed by atoms with E-state index in [0.717, 1.165) is 24.4 Å². The normalized spacial score (nSPS) is 17.2. The van der Waals surface area contributed by atoms with Crippen LogP contribution in [0, 0.1) is 11.9 Å². The number of esters is 2. The first-order chi connectivity index (χ1) is 25.0. The van der Waals surface area contributed by atoms with Gasteiger partial charge in [-0.25, -0.2) is 18.8 Å². The summed E-state index contributed by atoms with van der Waals surface area (Å²) in [7, 11) is 0. The zero-order valence-electron chi connectivity index (χ0n) is 27.4. The van der Waals surface area contributed by atoms with Crippen LogP contribution >= 0.6 is 0 Å². The fourth-order valence-electron chi connectivity index (χ4n) is 5.13. The van der Waals surface area contributed by atoms with Gasteiger partial charge < -0.3 is 29.6 Å². The van der Waals surface area contributed by atoms with Crippen molar-refractivity contribution in [2.24, 2.45) is 0 Å². The van der Waals surface area contributed by atoms with Gasteiger partial charge in [0.2, 0.25) is 6.23 Å². The van der Waals surface area contributed by atoms with E-state index < -0.39 is 77.6 Å². The molecule has 1 N–H and O–H groups in total. The number of benzene rings is 4. The molecule has 2 heterocycles. The molecule has 6 rings (SSSR count). The molecule has 2 amide bonds. The Labute approximate surface area is 339 Å². The van der Waals surface area contributed by atoms with E-state index in [9.17, 15) is 28.4 Å². The summed E-state index contributed by atoms with van der Waals surface area (Å²) in [5.41, 5.74) is -1.65. The van der Waals surface area contributed by atoms with Crippen LogP contribution in [0.4, 0.5) is 24.7 Å². The van der Waals surface area contributed by atoms with Crippen molar-refractivity contribution in [2.75, 3.05) is 11.9 Å². The van der Waals surface area contributed by atoms with Crippen molar-refractivity contribution >= 4 is 84.1 Å². The van der Waals surface area contributed by atoms with Gasteiger partial charge in [-0.05, 0) is 48.4 Å². The first kappa shape index (κ1) is 39.2. The molecule has 0 aliphatic carbocycles. The number of hydrogen-bond donors (Lipinski definition) is 1. The summed E-state index contributed by atoms with van der Waals surface area (Å²) in [5, 5.41) is 6.01. The number of ether oxygens (including phenoxy) is 3. The Hall–Kier alpha value is -5.04. The molecule has 12 nitrogen and oxygen atoms in total. The third-order valence-corrected chi connectivity index (χ3v) is 7.67. The first-order valence-electron chi connectivity index (χ1n) is 15.5. The molecule has 5 aromatic rings. The van der Waals surface area contributed by atoms with Gasteiger partial charge in [0, 0.05) is 6.20 Å². The van der Waals surface area contributed by atoms with E-state index in [0.29, 0.717) is 4.57 Å². The summed E-state index contributed by atoms with van der Waals surface area (Å²) in [6.45, 7) is -0.778. The minimum atomic E-state index is -4.07. The van der Waals surface area contributed by atoms with Gasteiger partial charge >= 0.3 is 72.4 Å². The summed E-state index contributed by atoms with van der Waals surface area (Å²) in [5.74, 6) is -9.25. The third kappa shape index (κ3) is 9.13. The summed E-state index contributed by atoms with van der Waals surface area (Å²) in [6.07, 6.45) is -5.59. The molecule has 1 fully saturated rings. The number of amides is 2. The first-order valence-corrected chi connectivity index (χ1v) is 15.5. The molecule has 4 aromatic carbocycles. The fourth-order valence-corrected chi connectivity index (χ4v) is 5.13. The van der Waals surface area contributed by atoms with E-state index >= 15 is 8.78 Å². The van der Waals surface area contributed by atoms with Crippen LogP contribution in [-0.2, 0) is 14.2 Å². The molecular weight excluding hydrogens is 823 g/mol. The minimum Gasteiger partial charge on any atom is -0.668 e. The SMILES string of the molecule is O=C([N-]c1ccc(C(=O)Nc2ccn(C3OC(COC(=O)c4ccccc4)C(OC(=O)c4ccccc4)C3(F)F)c(=O)n2)c(F)c1)c1[c-]cccc1.[Ba+2]. The van der Waals surface area contributed by atoms with Gasteiger partial charge in [0.25, 0.3) is 5.91 Å². The van der Waals surface area contributed by atoms with Gasteiger partial charge in [0.1, 0.15) is 24.3 Å². The van der Waals surface area contributed by atoms with Crippen LogP contribution in [0.3, 0.4) is 0 Å². The second kappa shape index (κ2) is 17.2. The second-order valence-electron chi connectivity index (χ2n) is 11.2. The van der Waals surface area contributed by atoms with Crippen LogP contribution < -0.4 is 11.0 Å². The Morgan fingerprint density at radius 1 is 0.906 bits per heavy atom. The Balaban J connectivity index is 0.00000541. The molecule has 0 radical (unpaired) electrons. The molecule has 3 atom stereocenters. The van der Waals surface area contributed by atoms with Gasteiger partial charge in [-0.15, -0.1) is 41.6 Å². The number of carbonyl (C=O) groups is 4. The fraction of sp³-hybridized carbons (Fsp3) is 0.135. The number of anilines is 1. The van der Waals surface area contributed by atoms with Crippen molar-refractivity contribution in [1.29, 1.82) is 0 Å². The molecule has 0 bridgehead atoms. The maximum atomic E-state index is 16.0. The number of alkyl halides is 2. The molecular formula is C37H25BaF3N4O8. The Bertz CT molecular complexity index is 2180. The van der Waals surface area contributed by atoms with Gasteiger partial charge in [0.15, 0.2) is 6.10 Å². The van der Waals surface area contributed by atoms with Crippen molar-refractivity contribution in [3.8, 4) is 0 Å². The summed E-state index contributed by atoms with van der Waals surface area (Å²) in [4.78, 5) is 67.2. The van der Waals surface area contributed by atoms with Gasteiger partial charge in [-0.2, -0.15) is 13.8 Å². The average Bonchev–Trinajstić information content (AvgIpc) is 3.39. The quantitative estimate of drug-likeness (QED) is 0.109. The van der Waals surface area contributed by atoms with Gasteiger partial charge in [-0.1, -0.05) is 42.5 Å². The molecule has 1 saturated heterocycles. The van der Waals surface area contributed by atoms with Crippen LogP contribution in [0.2, 0.25) is 0 Å². The van der Waals surface area contributed by atoms with Crippen molar-refractivity contribution in [1.82, 2.24) is 9.55 Å². The minimum absolute atomic E-state index is 0. The molecule has 0 spiro atoms. The Morgan fingerprint density at radius 3 is 2.19 bits per heavy atom. The topological polar surface area (TPSA) is 157 Å². The standard InChI is InChI=1S/C37H26F3N4O8.Ba/c38-27-20-25(41-31(45)22-10-4-1-5-11-22)16-17-26(27)32(46)42-29-18-19-44(36(49)43-29)35-37(39,40)30(52-34(48)24-14-8-3-9-15-24)28(51-35)21-50-33(47)23-12-6-2-7-13-23;/h1-10,12-20,28,30,35H,21H2,(H2,41,42,43,45,46,49);/q-1;+2/p-1. The predicted molar refractivity (Wildman–Crippen MR) is 182 cm³/mol. The molecule has 1 aliphatic heterocycles. The third-order valence-electron chi connectivity index (χ3n) is 7.67. The van der Waals surface area contributed by atoms with Crippen LogP contribution in [0.1, 0.15) is 47.7 Å². The van der Waals surface area contributed by atoms with E-state index in [4.69, 9.17) is 14.2 Å². The molecule has 264 valence electrons. The largest absolute Gasteiger partial charge is 2.00 e. The molecule has 1 aromatic heterocycles. The Kier molecular flexibility index (Phi) is 12.7. The number of carbonyl (C=O) groups excluding carboxylic acids is 4. The van der Waals surface area contributed by atoms with E-state index in [1.165, 1.54) is 54.6 Å². The van der Waals surface area contributed by atoms with E-state index in [2.05, 4.69) is 21.7 Å². The van der Waals surface area contributed by atoms with E-state index in [1.54, 1.807) is 36.4 Å². The maximum absolute atomic E-state index is 16.0. The number of halogens is 3. The average molecular weight is 848 g/mol. The number of nitrogens with one attached hydrogen (secondary N) is 1. The van der Waals surface area contributed by atoms with Crippen LogP contribution in [-0.4, -0.2) is 107 Å². The van der Waals surface area contributed by atoms with Crippen molar-refractivity contribution in [3.63, 3.8) is 0 Å². The predicted octanol–water partition coefficient (Wildman–Crippen LogP) is 5.51. The summed E-state index contributed by atoms with van der Waals surface area (Å²) in [6, 6.07) is 28.1. The van der Waals surface area contributed by atoms with Crippen molar-refractivity contribution < 1.29 is 46.6 Å². The van der Waals surface area contributed by atoms with Crippen molar-refractivity contribution in [3.05, 3.63) is 165 Å². The van der Waals surface area contributed by atoms with Gasteiger partial charge in [0.05, 0.1) is 16.7 Å². The van der Waals surface area contributed by atoms with Crippen LogP contribution in [0.5, 0.6) is 0 Å². The number of nitrogens with zero attached hydrogens (tertiary/aromatic N) is 3. The Morgan fingerprint density at radius 2 is 1.57 bits per heavy atom. The zero-order chi connectivity index (χ0) is 36.8. The molecule has 16 heteroatoms.